The zero-order valence-corrected chi connectivity index (χ0v) is 7.22. The van der Waals surface area contributed by atoms with Crippen molar-refractivity contribution in [1.82, 2.24) is 19.8 Å². The van der Waals surface area contributed by atoms with E-state index in [-0.39, 0.29) is 11.3 Å². The van der Waals surface area contributed by atoms with Gasteiger partial charge in [-0.3, -0.25) is 4.79 Å². The van der Waals surface area contributed by atoms with Crippen LogP contribution in [0.2, 0.25) is 0 Å². The molecule has 0 aromatic carbocycles. The fraction of sp³-hybridized carbons (Fsp3) is 0.143. The van der Waals surface area contributed by atoms with Gasteiger partial charge in [0.05, 0.1) is 7.11 Å². The van der Waals surface area contributed by atoms with Crippen molar-refractivity contribution in [3.05, 3.63) is 28.3 Å². The summed E-state index contributed by atoms with van der Waals surface area (Å²) in [6.07, 6.45) is 1.43. The molecule has 0 atom stereocenters. The van der Waals surface area contributed by atoms with Gasteiger partial charge >= 0.3 is 5.97 Å². The van der Waals surface area contributed by atoms with E-state index in [1.54, 1.807) is 0 Å². The van der Waals surface area contributed by atoms with Gasteiger partial charge in [0, 0.05) is 12.3 Å². The lowest BCUT2D eigenvalue weighted by molar-refractivity contribution is 0.0596. The molecule has 2 heterocycles. The normalized spacial score (nSPS) is 10.4. The molecule has 2 aromatic heterocycles. The minimum atomic E-state index is -0.637. The first-order chi connectivity index (χ1) is 6.72. The third-order valence-electron chi connectivity index (χ3n) is 1.67. The van der Waals surface area contributed by atoms with Crippen LogP contribution in [0.3, 0.4) is 0 Å². The van der Waals surface area contributed by atoms with E-state index < -0.39 is 11.5 Å². The number of H-pyrrole nitrogens is 1. The molecule has 0 amide bonds. The fourth-order valence-corrected chi connectivity index (χ4v) is 1.04. The molecule has 0 bridgehead atoms. The number of aromatic nitrogens is 4. The molecule has 2 rings (SSSR count). The molecule has 72 valence electrons. The smallest absolute Gasteiger partial charge is 0.362 e. The molecule has 0 aliphatic heterocycles. The second-order valence-electron chi connectivity index (χ2n) is 2.51. The molecule has 0 saturated heterocycles. The molecule has 0 aliphatic rings. The Bertz CT molecular complexity index is 541. The molecule has 7 heteroatoms. The minimum Gasteiger partial charge on any atom is -0.464 e. The number of hydrogen-bond donors (Lipinski definition) is 1. The van der Waals surface area contributed by atoms with Gasteiger partial charge in [-0.2, -0.15) is 4.98 Å². The van der Waals surface area contributed by atoms with Crippen molar-refractivity contribution in [3.8, 4) is 0 Å². The van der Waals surface area contributed by atoms with Crippen molar-refractivity contribution >= 4 is 11.6 Å². The average molecular weight is 194 g/mol. The molecule has 1 N–H and O–H groups in total. The highest BCUT2D eigenvalue weighted by molar-refractivity contribution is 5.93. The Kier molecular flexibility index (Phi) is 1.77. The second-order valence-corrected chi connectivity index (χ2v) is 2.51. The van der Waals surface area contributed by atoms with Crippen LogP contribution in [0.15, 0.2) is 17.1 Å². The Balaban J connectivity index is 2.73. The number of aromatic amines is 1. The van der Waals surface area contributed by atoms with E-state index in [0.717, 1.165) is 0 Å². The number of nitrogens with zero attached hydrogens (tertiary/aromatic N) is 3. The van der Waals surface area contributed by atoms with Gasteiger partial charge in [-0.25, -0.2) is 14.5 Å². The molecule has 7 nitrogen and oxygen atoms in total. The Morgan fingerprint density at radius 2 is 2.43 bits per heavy atom. The summed E-state index contributed by atoms with van der Waals surface area (Å²) in [4.78, 5) is 25.7. The van der Waals surface area contributed by atoms with Crippen molar-refractivity contribution in [1.29, 1.82) is 0 Å². The van der Waals surface area contributed by atoms with Crippen molar-refractivity contribution < 1.29 is 9.53 Å². The lowest BCUT2D eigenvalue weighted by Crippen LogP contribution is -2.09. The van der Waals surface area contributed by atoms with Crippen LogP contribution in [0.25, 0.3) is 5.65 Å². The molecular weight excluding hydrogens is 188 g/mol. The molecule has 0 spiro atoms. The molecule has 0 aliphatic carbocycles. The zero-order chi connectivity index (χ0) is 10.1. The van der Waals surface area contributed by atoms with Crippen molar-refractivity contribution in [2.24, 2.45) is 0 Å². The minimum absolute atomic E-state index is 0.00907. The van der Waals surface area contributed by atoms with Crippen LogP contribution in [-0.4, -0.2) is 32.9 Å². The summed E-state index contributed by atoms with van der Waals surface area (Å²) < 4.78 is 5.82. The molecule has 0 fully saturated rings. The van der Waals surface area contributed by atoms with E-state index in [1.165, 1.54) is 23.9 Å². The first kappa shape index (κ1) is 8.42. The summed E-state index contributed by atoms with van der Waals surface area (Å²) in [5, 5.41) is 6.16. The van der Waals surface area contributed by atoms with Gasteiger partial charge in [-0.05, 0) is 0 Å². The topological polar surface area (TPSA) is 89.4 Å². The highest BCUT2D eigenvalue weighted by Crippen LogP contribution is 2.02. The monoisotopic (exact) mass is 194 g/mol. The molecule has 0 unspecified atom stereocenters. The standard InChI is InChI=1S/C7H6N4O3/c1-14-7(13)5-6-8-4(12)2-3-11(6)10-9-5/h2-3,10H,1H3. The number of nitrogens with one attached hydrogen (secondary N) is 1. The number of ether oxygens (including phenoxy) is 1. The largest absolute Gasteiger partial charge is 0.464 e. The van der Waals surface area contributed by atoms with Gasteiger partial charge in [-0.15, -0.1) is 5.10 Å². The molecular formula is C7H6N4O3. The number of carbonyl (C=O) groups excluding carboxylic acids is 1. The van der Waals surface area contributed by atoms with Crippen LogP contribution >= 0.6 is 0 Å². The maximum Gasteiger partial charge on any atom is 0.362 e. The summed E-state index contributed by atoms with van der Waals surface area (Å²) in [6.45, 7) is 0. The van der Waals surface area contributed by atoms with E-state index in [4.69, 9.17) is 0 Å². The predicted octanol–water partition coefficient (Wildman–Crippen LogP) is -0.796. The maximum atomic E-state index is 11.1. The molecule has 2 aromatic rings. The number of fused-ring (bicyclic) bond motifs is 1. The van der Waals surface area contributed by atoms with Gasteiger partial charge in [-0.1, -0.05) is 0 Å². The molecule has 14 heavy (non-hydrogen) atoms. The number of carbonyl (C=O) groups is 1. The van der Waals surface area contributed by atoms with Crippen molar-refractivity contribution in [2.45, 2.75) is 0 Å². The predicted molar refractivity (Wildman–Crippen MR) is 44.9 cm³/mol. The number of rotatable bonds is 1. The Morgan fingerprint density at radius 3 is 3.14 bits per heavy atom. The van der Waals surface area contributed by atoms with Gasteiger partial charge in [0.2, 0.25) is 5.69 Å². The summed E-state index contributed by atoms with van der Waals surface area (Å²) in [7, 11) is 1.23. The van der Waals surface area contributed by atoms with Crippen LogP contribution < -0.4 is 5.56 Å². The summed E-state index contributed by atoms with van der Waals surface area (Å²) in [6, 6.07) is 1.26. The second kappa shape index (κ2) is 2.95. The number of esters is 1. The fourth-order valence-electron chi connectivity index (χ4n) is 1.04. The van der Waals surface area contributed by atoms with Crippen LogP contribution in [0, 0.1) is 0 Å². The lowest BCUT2D eigenvalue weighted by Gasteiger charge is -1.92. The maximum absolute atomic E-state index is 11.1. The van der Waals surface area contributed by atoms with E-state index in [0.29, 0.717) is 0 Å². The summed E-state index contributed by atoms with van der Waals surface area (Å²) in [5.41, 5.74) is -0.286. The third-order valence-corrected chi connectivity index (χ3v) is 1.67. The first-order valence-electron chi connectivity index (χ1n) is 3.74. The number of hydrogen-bond acceptors (Lipinski definition) is 5. The summed E-state index contributed by atoms with van der Waals surface area (Å²) >= 11 is 0. The van der Waals surface area contributed by atoms with Gasteiger partial charge in [0.1, 0.15) is 0 Å². The van der Waals surface area contributed by atoms with Crippen LogP contribution in [-0.2, 0) is 4.74 Å². The van der Waals surface area contributed by atoms with Gasteiger partial charge in [0.15, 0.2) is 5.65 Å². The average Bonchev–Trinajstić information content (AvgIpc) is 2.59. The van der Waals surface area contributed by atoms with E-state index in [1.807, 2.05) is 0 Å². The lowest BCUT2D eigenvalue weighted by atomic mass is 10.4. The highest BCUT2D eigenvalue weighted by Gasteiger charge is 2.15. The Morgan fingerprint density at radius 1 is 1.64 bits per heavy atom. The first-order valence-corrected chi connectivity index (χ1v) is 3.74. The van der Waals surface area contributed by atoms with Crippen LogP contribution in [0.5, 0.6) is 0 Å². The Hall–Kier alpha value is -2.18. The Labute approximate surface area is 77.3 Å². The molecule has 0 radical (unpaired) electrons. The zero-order valence-electron chi connectivity index (χ0n) is 7.22. The van der Waals surface area contributed by atoms with Crippen molar-refractivity contribution in [3.63, 3.8) is 0 Å². The summed E-state index contributed by atoms with van der Waals surface area (Å²) in [5.74, 6) is -0.637. The highest BCUT2D eigenvalue weighted by atomic mass is 16.5. The van der Waals surface area contributed by atoms with Gasteiger partial charge < -0.3 is 4.74 Å². The quantitative estimate of drug-likeness (QED) is 0.600. The van der Waals surface area contributed by atoms with E-state index >= 15 is 0 Å². The van der Waals surface area contributed by atoms with Crippen LogP contribution in [0.1, 0.15) is 10.5 Å². The SMILES string of the molecule is COC(=O)c1n[nH]n2ccc(=O)nc12. The van der Waals surface area contributed by atoms with E-state index in [9.17, 15) is 9.59 Å². The van der Waals surface area contributed by atoms with Crippen LogP contribution in [0.4, 0.5) is 0 Å². The number of methoxy groups -OCH3 is 1. The van der Waals surface area contributed by atoms with Gasteiger partial charge in [0.25, 0.3) is 5.56 Å². The van der Waals surface area contributed by atoms with E-state index in [2.05, 4.69) is 20.0 Å². The van der Waals surface area contributed by atoms with Crippen molar-refractivity contribution in [2.75, 3.05) is 7.11 Å². The molecule has 0 saturated carbocycles. The third kappa shape index (κ3) is 1.15.